The van der Waals surface area contributed by atoms with Crippen molar-refractivity contribution >= 4 is 23.6 Å². The van der Waals surface area contributed by atoms with E-state index < -0.39 is 5.97 Å². The summed E-state index contributed by atoms with van der Waals surface area (Å²) < 4.78 is 0. The van der Waals surface area contributed by atoms with E-state index in [1.54, 1.807) is 6.92 Å². The number of nitrogens with zero attached hydrogens (tertiary/aromatic N) is 2. The highest BCUT2D eigenvalue weighted by molar-refractivity contribution is 5.96. The SMILES string of the molecule is CCN(CCC(=O)O)C(=O)c1ccnc(NC(C)=O)c1. The number of aromatic nitrogens is 1. The number of amides is 2. The predicted octanol–water partition coefficient (Wildman–Crippen LogP) is 0.977. The molecule has 2 amide bonds. The molecule has 0 saturated heterocycles. The standard InChI is InChI=1S/C13H17N3O4/c1-3-16(7-5-12(18)19)13(20)10-4-6-14-11(8-10)15-9(2)17/h4,6,8H,3,5,7H2,1-2H3,(H,18,19)(H,14,15,17). The van der Waals surface area contributed by atoms with E-state index in [9.17, 15) is 14.4 Å². The molecule has 20 heavy (non-hydrogen) atoms. The van der Waals surface area contributed by atoms with Crippen molar-refractivity contribution in [2.75, 3.05) is 18.4 Å². The zero-order valence-corrected chi connectivity index (χ0v) is 11.4. The maximum absolute atomic E-state index is 12.2. The molecule has 0 fully saturated rings. The van der Waals surface area contributed by atoms with Crippen molar-refractivity contribution in [1.82, 2.24) is 9.88 Å². The van der Waals surface area contributed by atoms with Crippen LogP contribution in [0.25, 0.3) is 0 Å². The summed E-state index contributed by atoms with van der Waals surface area (Å²) >= 11 is 0. The number of hydrogen-bond donors (Lipinski definition) is 2. The first-order valence-electron chi connectivity index (χ1n) is 6.18. The fraction of sp³-hybridized carbons (Fsp3) is 0.385. The van der Waals surface area contributed by atoms with Crippen LogP contribution < -0.4 is 5.32 Å². The Morgan fingerprint density at radius 2 is 2.10 bits per heavy atom. The molecule has 0 radical (unpaired) electrons. The van der Waals surface area contributed by atoms with Gasteiger partial charge in [-0.15, -0.1) is 0 Å². The average Bonchev–Trinajstić information content (AvgIpc) is 2.38. The smallest absolute Gasteiger partial charge is 0.305 e. The number of anilines is 1. The van der Waals surface area contributed by atoms with Crippen LogP contribution in [0.3, 0.4) is 0 Å². The Morgan fingerprint density at radius 3 is 2.65 bits per heavy atom. The molecule has 1 aromatic rings. The first-order chi connectivity index (χ1) is 9.43. The summed E-state index contributed by atoms with van der Waals surface area (Å²) in [6.07, 6.45) is 1.31. The minimum atomic E-state index is -0.954. The van der Waals surface area contributed by atoms with Gasteiger partial charge in [0.25, 0.3) is 5.91 Å². The van der Waals surface area contributed by atoms with E-state index >= 15 is 0 Å². The number of carboxylic acid groups (broad SMARTS) is 1. The quantitative estimate of drug-likeness (QED) is 0.808. The van der Waals surface area contributed by atoms with Gasteiger partial charge >= 0.3 is 5.97 Å². The molecule has 0 spiro atoms. The molecule has 0 aliphatic heterocycles. The zero-order chi connectivity index (χ0) is 15.1. The fourth-order valence-electron chi connectivity index (χ4n) is 1.63. The molecule has 7 nitrogen and oxygen atoms in total. The molecular weight excluding hydrogens is 262 g/mol. The van der Waals surface area contributed by atoms with Crippen LogP contribution in [-0.2, 0) is 9.59 Å². The van der Waals surface area contributed by atoms with Crippen molar-refractivity contribution in [3.63, 3.8) is 0 Å². The van der Waals surface area contributed by atoms with Gasteiger partial charge in [0.05, 0.1) is 6.42 Å². The molecule has 0 saturated carbocycles. The largest absolute Gasteiger partial charge is 0.481 e. The van der Waals surface area contributed by atoms with Crippen LogP contribution >= 0.6 is 0 Å². The lowest BCUT2D eigenvalue weighted by Crippen LogP contribution is -2.32. The van der Waals surface area contributed by atoms with Gasteiger partial charge < -0.3 is 15.3 Å². The molecule has 1 heterocycles. The van der Waals surface area contributed by atoms with Crippen LogP contribution in [0.5, 0.6) is 0 Å². The lowest BCUT2D eigenvalue weighted by atomic mass is 10.2. The maximum atomic E-state index is 12.2. The monoisotopic (exact) mass is 279 g/mol. The van der Waals surface area contributed by atoms with Crippen molar-refractivity contribution in [3.05, 3.63) is 23.9 Å². The van der Waals surface area contributed by atoms with E-state index in [1.165, 1.54) is 30.2 Å². The molecule has 108 valence electrons. The topological polar surface area (TPSA) is 99.6 Å². The van der Waals surface area contributed by atoms with Crippen LogP contribution in [0.4, 0.5) is 5.82 Å². The summed E-state index contributed by atoms with van der Waals surface area (Å²) in [5.41, 5.74) is 0.357. The normalized spacial score (nSPS) is 9.90. The van der Waals surface area contributed by atoms with Crippen LogP contribution in [0, 0.1) is 0 Å². The third-order valence-corrected chi connectivity index (χ3v) is 2.58. The predicted molar refractivity (Wildman–Crippen MR) is 72.4 cm³/mol. The van der Waals surface area contributed by atoms with Gasteiger partial charge in [0, 0.05) is 31.8 Å². The minimum absolute atomic E-state index is 0.108. The van der Waals surface area contributed by atoms with Crippen molar-refractivity contribution in [2.45, 2.75) is 20.3 Å². The molecule has 2 N–H and O–H groups in total. The fourth-order valence-corrected chi connectivity index (χ4v) is 1.63. The number of carbonyl (C=O) groups is 3. The van der Waals surface area contributed by atoms with Crippen molar-refractivity contribution in [1.29, 1.82) is 0 Å². The first-order valence-corrected chi connectivity index (χ1v) is 6.18. The van der Waals surface area contributed by atoms with Crippen molar-refractivity contribution in [2.24, 2.45) is 0 Å². The van der Waals surface area contributed by atoms with E-state index in [-0.39, 0.29) is 30.6 Å². The van der Waals surface area contributed by atoms with Gasteiger partial charge in [-0.25, -0.2) is 4.98 Å². The van der Waals surface area contributed by atoms with Crippen LogP contribution in [0.2, 0.25) is 0 Å². The van der Waals surface area contributed by atoms with E-state index in [4.69, 9.17) is 5.11 Å². The van der Waals surface area contributed by atoms with Gasteiger partial charge in [0.2, 0.25) is 5.91 Å². The second kappa shape index (κ2) is 7.22. The first kappa shape index (κ1) is 15.6. The van der Waals surface area contributed by atoms with Gasteiger partial charge in [-0.1, -0.05) is 0 Å². The molecule has 0 atom stereocenters. The van der Waals surface area contributed by atoms with E-state index in [1.807, 2.05) is 0 Å². The summed E-state index contributed by atoms with van der Waals surface area (Å²) in [7, 11) is 0. The molecule has 0 bridgehead atoms. The highest BCUT2D eigenvalue weighted by Crippen LogP contribution is 2.10. The third-order valence-electron chi connectivity index (χ3n) is 2.58. The lowest BCUT2D eigenvalue weighted by Gasteiger charge is -2.20. The van der Waals surface area contributed by atoms with Crippen LogP contribution in [-0.4, -0.2) is 45.9 Å². The number of nitrogens with one attached hydrogen (secondary N) is 1. The Bertz CT molecular complexity index is 516. The van der Waals surface area contributed by atoms with Crippen molar-refractivity contribution in [3.8, 4) is 0 Å². The number of hydrogen-bond acceptors (Lipinski definition) is 4. The Labute approximate surface area is 116 Å². The number of carbonyl (C=O) groups excluding carboxylic acids is 2. The molecule has 0 aliphatic rings. The molecule has 0 unspecified atom stereocenters. The van der Waals surface area contributed by atoms with Gasteiger partial charge in [-0.2, -0.15) is 0 Å². The van der Waals surface area contributed by atoms with Crippen LogP contribution in [0.15, 0.2) is 18.3 Å². The highest BCUT2D eigenvalue weighted by atomic mass is 16.4. The second-order valence-corrected chi connectivity index (χ2v) is 4.14. The second-order valence-electron chi connectivity index (χ2n) is 4.14. The van der Waals surface area contributed by atoms with Crippen molar-refractivity contribution < 1.29 is 19.5 Å². The van der Waals surface area contributed by atoms with E-state index in [0.717, 1.165) is 0 Å². The van der Waals surface area contributed by atoms with Crippen LogP contribution in [0.1, 0.15) is 30.6 Å². The molecule has 7 heteroatoms. The van der Waals surface area contributed by atoms with Gasteiger partial charge in [-0.3, -0.25) is 14.4 Å². The zero-order valence-electron chi connectivity index (χ0n) is 11.4. The molecule has 0 aromatic carbocycles. The number of rotatable bonds is 6. The van der Waals surface area contributed by atoms with Gasteiger partial charge in [0.15, 0.2) is 0 Å². The summed E-state index contributed by atoms with van der Waals surface area (Å²) in [5, 5.41) is 11.2. The molecule has 1 rings (SSSR count). The summed E-state index contributed by atoms with van der Waals surface area (Å²) in [6, 6.07) is 2.99. The van der Waals surface area contributed by atoms with Gasteiger partial charge in [0.1, 0.15) is 5.82 Å². The third kappa shape index (κ3) is 4.68. The number of aliphatic carboxylic acids is 1. The summed E-state index contributed by atoms with van der Waals surface area (Å²) in [6.45, 7) is 3.67. The number of pyridine rings is 1. The Kier molecular flexibility index (Phi) is 5.64. The molecular formula is C13H17N3O4. The summed E-state index contributed by atoms with van der Waals surface area (Å²) in [5.74, 6) is -1.23. The Morgan fingerprint density at radius 1 is 1.40 bits per heavy atom. The number of carboxylic acids is 1. The van der Waals surface area contributed by atoms with E-state index in [2.05, 4.69) is 10.3 Å². The Hall–Kier alpha value is -2.44. The van der Waals surface area contributed by atoms with Gasteiger partial charge in [-0.05, 0) is 19.1 Å². The summed E-state index contributed by atoms with van der Waals surface area (Å²) in [4.78, 5) is 39.1. The molecule has 1 aromatic heterocycles. The average molecular weight is 279 g/mol. The van der Waals surface area contributed by atoms with E-state index in [0.29, 0.717) is 12.1 Å². The Balaban J connectivity index is 2.83. The maximum Gasteiger partial charge on any atom is 0.305 e. The lowest BCUT2D eigenvalue weighted by molar-refractivity contribution is -0.137. The minimum Gasteiger partial charge on any atom is -0.481 e. The highest BCUT2D eigenvalue weighted by Gasteiger charge is 2.16. The molecule has 0 aliphatic carbocycles.